The molecule has 164 valence electrons. The Morgan fingerprint density at radius 2 is 1.89 bits per heavy atom. The average molecular weight is 509 g/mol. The fraction of sp³-hybridized carbons (Fsp3) is 1.00. The standard InChI is InChI=1S/C21H40IN3O3/c1-5-17(9-11-23-26)19-8-7-18(6-2)20(16(3)10-12-25(22)28)14-21(4,13-19)15-24-27/h16-20,25H,5-15H2,1-4H3. The molecule has 1 N–H and O–H groups in total. The van der Waals surface area contributed by atoms with Crippen molar-refractivity contribution in [2.45, 2.75) is 79.1 Å². The molecule has 0 aromatic heterocycles. The Labute approximate surface area is 185 Å². The minimum absolute atomic E-state index is 0.102. The summed E-state index contributed by atoms with van der Waals surface area (Å²) in [5, 5.41) is 17.9. The smallest absolute Gasteiger partial charge is 0.247 e. The maximum absolute atomic E-state index is 11.5. The lowest BCUT2D eigenvalue weighted by molar-refractivity contribution is -0.647. The highest BCUT2D eigenvalue weighted by atomic mass is 127. The van der Waals surface area contributed by atoms with E-state index in [0.717, 1.165) is 44.9 Å². The van der Waals surface area contributed by atoms with E-state index < -0.39 is 0 Å². The van der Waals surface area contributed by atoms with Gasteiger partial charge in [-0.1, -0.05) is 50.9 Å². The maximum atomic E-state index is 11.5. The predicted octanol–water partition coefficient (Wildman–Crippen LogP) is 5.53. The number of halogens is 1. The molecule has 0 aromatic rings. The number of hydrogen-bond acceptors (Lipinski definition) is 5. The van der Waals surface area contributed by atoms with Crippen molar-refractivity contribution in [1.82, 2.24) is 0 Å². The number of hydrogen-bond donors (Lipinski definition) is 1. The average Bonchev–Trinajstić information content (AvgIpc) is 2.64. The first-order valence-electron chi connectivity index (χ1n) is 11.1. The van der Waals surface area contributed by atoms with Gasteiger partial charge in [-0.05, 0) is 67.1 Å². The highest BCUT2D eigenvalue weighted by Crippen LogP contribution is 2.47. The molecule has 0 bridgehead atoms. The minimum atomic E-state index is -0.102. The van der Waals surface area contributed by atoms with Crippen molar-refractivity contribution in [3.8, 4) is 0 Å². The molecule has 1 rings (SSSR count). The van der Waals surface area contributed by atoms with Crippen molar-refractivity contribution in [3.63, 3.8) is 0 Å². The summed E-state index contributed by atoms with van der Waals surface area (Å²) in [5.41, 5.74) is -0.102. The molecule has 6 nitrogen and oxygen atoms in total. The Kier molecular flexibility index (Phi) is 12.2. The van der Waals surface area contributed by atoms with Crippen LogP contribution in [0.3, 0.4) is 0 Å². The molecule has 1 fully saturated rings. The minimum Gasteiger partial charge on any atom is -0.626 e. The molecular weight excluding hydrogens is 469 g/mol. The Morgan fingerprint density at radius 3 is 2.43 bits per heavy atom. The molecule has 0 saturated heterocycles. The topological polar surface area (TPSA) is 86.4 Å². The predicted molar refractivity (Wildman–Crippen MR) is 124 cm³/mol. The largest absolute Gasteiger partial charge is 0.626 e. The number of nitrogens with one attached hydrogen (secondary N) is 1. The fourth-order valence-corrected chi connectivity index (χ4v) is 5.91. The van der Waals surface area contributed by atoms with Crippen molar-refractivity contribution < 1.29 is 3.28 Å². The SMILES string of the molecule is CCC(CCN=O)C1CCC(CC)C(C(C)CC[NH+]([O-])I)CC(C)(CN=O)C1. The lowest BCUT2D eigenvalue weighted by Crippen LogP contribution is -2.96. The van der Waals surface area contributed by atoms with Crippen LogP contribution in [0.5, 0.6) is 0 Å². The summed E-state index contributed by atoms with van der Waals surface area (Å²) in [6.07, 6.45) is 8.33. The number of hydroxylamine groups is 1. The van der Waals surface area contributed by atoms with Crippen LogP contribution in [0.2, 0.25) is 0 Å². The summed E-state index contributed by atoms with van der Waals surface area (Å²) >= 11 is 1.90. The van der Waals surface area contributed by atoms with E-state index in [-0.39, 0.29) is 8.69 Å². The second kappa shape index (κ2) is 13.2. The molecule has 7 heteroatoms. The number of rotatable bonds is 12. The van der Waals surface area contributed by atoms with Gasteiger partial charge < -0.3 is 8.48 Å². The van der Waals surface area contributed by atoms with Crippen LogP contribution in [0, 0.1) is 50.0 Å². The second-order valence-corrected chi connectivity index (χ2v) is 10.6. The Hall–Kier alpha value is -0.150. The van der Waals surface area contributed by atoms with Crippen molar-refractivity contribution in [2.24, 2.45) is 45.4 Å². The van der Waals surface area contributed by atoms with Gasteiger partial charge in [-0.3, -0.25) is 0 Å². The van der Waals surface area contributed by atoms with Gasteiger partial charge in [0, 0.05) is 6.42 Å². The van der Waals surface area contributed by atoms with Gasteiger partial charge in [0.25, 0.3) is 0 Å². The molecular formula is C21H40IN3O3. The van der Waals surface area contributed by atoms with Gasteiger partial charge in [0.05, 0.1) is 19.6 Å². The van der Waals surface area contributed by atoms with Gasteiger partial charge in [-0.25, -0.2) is 0 Å². The molecule has 0 heterocycles. The zero-order chi connectivity index (χ0) is 21.2. The van der Waals surface area contributed by atoms with E-state index >= 15 is 0 Å². The van der Waals surface area contributed by atoms with E-state index in [0.29, 0.717) is 49.2 Å². The zero-order valence-electron chi connectivity index (χ0n) is 18.2. The van der Waals surface area contributed by atoms with Crippen LogP contribution in [-0.2, 0) is 0 Å². The van der Waals surface area contributed by atoms with E-state index in [1.54, 1.807) is 0 Å². The molecule has 7 atom stereocenters. The quantitative estimate of drug-likeness (QED) is 0.162. The van der Waals surface area contributed by atoms with E-state index in [1.807, 2.05) is 22.9 Å². The highest BCUT2D eigenvalue weighted by Gasteiger charge is 2.40. The number of nitrogens with zero attached hydrogens (tertiary/aromatic N) is 2. The Morgan fingerprint density at radius 1 is 1.18 bits per heavy atom. The molecule has 0 aliphatic heterocycles. The van der Waals surface area contributed by atoms with Crippen LogP contribution >= 0.6 is 22.9 Å². The Bertz CT molecular complexity index is 466. The fourth-order valence-electron chi connectivity index (χ4n) is 5.60. The van der Waals surface area contributed by atoms with Gasteiger partial charge in [0.1, 0.15) is 0 Å². The third-order valence-corrected chi connectivity index (χ3v) is 7.82. The highest BCUT2D eigenvalue weighted by molar-refractivity contribution is 14.1. The third kappa shape index (κ3) is 8.30. The lowest BCUT2D eigenvalue weighted by atomic mass is 9.61. The van der Waals surface area contributed by atoms with E-state index in [1.165, 1.54) is 6.42 Å². The summed E-state index contributed by atoms with van der Waals surface area (Å²) < 4.78 is 0.232. The summed E-state index contributed by atoms with van der Waals surface area (Å²) in [4.78, 5) is 21.9. The molecule has 0 spiro atoms. The normalized spacial score (nSPS) is 32.0. The molecule has 1 aliphatic carbocycles. The van der Waals surface area contributed by atoms with E-state index in [4.69, 9.17) is 0 Å². The van der Waals surface area contributed by atoms with Crippen LogP contribution in [0.15, 0.2) is 10.4 Å². The second-order valence-electron chi connectivity index (χ2n) is 9.36. The molecule has 7 unspecified atom stereocenters. The van der Waals surface area contributed by atoms with E-state index in [9.17, 15) is 15.0 Å². The van der Waals surface area contributed by atoms with Crippen LogP contribution in [0.1, 0.15) is 79.1 Å². The summed E-state index contributed by atoms with van der Waals surface area (Å²) in [6.45, 7) is 10.4. The van der Waals surface area contributed by atoms with Gasteiger partial charge in [-0.2, -0.15) is 9.81 Å². The Balaban J connectivity index is 3.04. The zero-order valence-corrected chi connectivity index (χ0v) is 20.3. The van der Waals surface area contributed by atoms with Crippen molar-refractivity contribution in [3.05, 3.63) is 15.0 Å². The van der Waals surface area contributed by atoms with E-state index in [2.05, 4.69) is 38.0 Å². The molecule has 0 amide bonds. The first kappa shape index (κ1) is 25.9. The molecule has 28 heavy (non-hydrogen) atoms. The maximum Gasteiger partial charge on any atom is 0.247 e. The van der Waals surface area contributed by atoms with Gasteiger partial charge in [-0.15, -0.1) is 0 Å². The summed E-state index contributed by atoms with van der Waals surface area (Å²) in [7, 11) is 0. The monoisotopic (exact) mass is 509 g/mol. The molecule has 0 aromatic carbocycles. The third-order valence-electron chi connectivity index (χ3n) is 7.28. The van der Waals surface area contributed by atoms with Gasteiger partial charge in [0.15, 0.2) is 0 Å². The summed E-state index contributed by atoms with van der Waals surface area (Å²) in [6, 6.07) is 0. The first-order valence-corrected chi connectivity index (χ1v) is 12.1. The van der Waals surface area contributed by atoms with Gasteiger partial charge in [0.2, 0.25) is 22.9 Å². The van der Waals surface area contributed by atoms with Gasteiger partial charge >= 0.3 is 0 Å². The lowest BCUT2D eigenvalue weighted by Gasteiger charge is -2.44. The first-order chi connectivity index (χ1) is 13.3. The van der Waals surface area contributed by atoms with Crippen molar-refractivity contribution in [2.75, 3.05) is 19.6 Å². The van der Waals surface area contributed by atoms with Crippen LogP contribution < -0.4 is 3.28 Å². The summed E-state index contributed by atoms with van der Waals surface area (Å²) in [5.74, 6) is 2.65. The number of nitroso groups, excluding NO2 is 2. The van der Waals surface area contributed by atoms with Crippen LogP contribution in [0.25, 0.3) is 0 Å². The van der Waals surface area contributed by atoms with Crippen LogP contribution in [-0.4, -0.2) is 19.6 Å². The van der Waals surface area contributed by atoms with Crippen molar-refractivity contribution in [1.29, 1.82) is 0 Å². The molecule has 0 radical (unpaired) electrons. The van der Waals surface area contributed by atoms with Crippen LogP contribution in [0.4, 0.5) is 0 Å². The number of quaternary nitrogens is 1. The van der Waals surface area contributed by atoms with Crippen molar-refractivity contribution >= 4 is 22.9 Å². The molecule has 1 aliphatic rings. The molecule has 1 saturated carbocycles.